The highest BCUT2D eigenvalue weighted by atomic mass is 35.5. The van der Waals surface area contributed by atoms with E-state index < -0.39 is 0 Å². The van der Waals surface area contributed by atoms with Gasteiger partial charge in [-0.25, -0.2) is 4.39 Å². The Balaban J connectivity index is 1.33. The lowest BCUT2D eigenvalue weighted by atomic mass is 10.1. The average Bonchev–Trinajstić information content (AvgIpc) is 3.12. The summed E-state index contributed by atoms with van der Waals surface area (Å²) >= 11 is 7.59. The van der Waals surface area contributed by atoms with Crippen LogP contribution in [0.5, 0.6) is 5.75 Å². The van der Waals surface area contributed by atoms with Crippen LogP contribution in [0.4, 0.5) is 4.39 Å². The molecule has 1 fully saturated rings. The molecule has 0 aliphatic carbocycles. The van der Waals surface area contributed by atoms with Gasteiger partial charge in [-0.3, -0.25) is 9.59 Å². The van der Waals surface area contributed by atoms with Gasteiger partial charge in [0.05, 0.1) is 12.1 Å². The second-order valence-electron chi connectivity index (χ2n) is 7.41. The Bertz CT molecular complexity index is 1110. The minimum Gasteiger partial charge on any atom is -0.497 e. The summed E-state index contributed by atoms with van der Waals surface area (Å²) in [6, 6.07) is 12.0. The van der Waals surface area contributed by atoms with Crippen molar-refractivity contribution in [1.29, 1.82) is 0 Å². The van der Waals surface area contributed by atoms with E-state index in [2.05, 4.69) is 0 Å². The summed E-state index contributed by atoms with van der Waals surface area (Å²) in [5.74, 6) is 0.348. The molecule has 1 saturated heterocycles. The maximum atomic E-state index is 13.5. The standard InChI is InChI=1S/C23H22ClFN2O3S/c1-30-17-6-2-15(3-7-17)4-9-20(28)26-10-12-27(13-11-26)23(29)22-21(24)18-8-5-16(25)14-19(18)31-22/h2-3,5-8,14H,4,9-13H2,1H3. The SMILES string of the molecule is COc1ccc(CCC(=O)N2CCN(C(=O)c3sc4cc(F)ccc4c3Cl)CC2)cc1. The summed E-state index contributed by atoms with van der Waals surface area (Å²) in [4.78, 5) is 29.5. The quantitative estimate of drug-likeness (QED) is 0.558. The van der Waals surface area contributed by atoms with Crippen molar-refractivity contribution in [2.75, 3.05) is 33.3 Å². The molecule has 1 aromatic heterocycles. The van der Waals surface area contributed by atoms with E-state index in [1.807, 2.05) is 24.3 Å². The van der Waals surface area contributed by atoms with Crippen LogP contribution in [0.2, 0.25) is 5.02 Å². The maximum absolute atomic E-state index is 13.5. The third-order valence-corrected chi connectivity index (χ3v) is 7.14. The highest BCUT2D eigenvalue weighted by Crippen LogP contribution is 2.36. The zero-order valence-corrected chi connectivity index (χ0v) is 18.6. The van der Waals surface area contributed by atoms with Crippen LogP contribution >= 0.6 is 22.9 Å². The van der Waals surface area contributed by atoms with E-state index >= 15 is 0 Å². The van der Waals surface area contributed by atoms with Gasteiger partial charge in [0.25, 0.3) is 5.91 Å². The van der Waals surface area contributed by atoms with Crippen molar-refractivity contribution in [2.24, 2.45) is 0 Å². The van der Waals surface area contributed by atoms with Crippen molar-refractivity contribution in [2.45, 2.75) is 12.8 Å². The number of thiophene rings is 1. The van der Waals surface area contributed by atoms with Gasteiger partial charge in [-0.2, -0.15) is 0 Å². The number of nitrogens with zero attached hydrogens (tertiary/aromatic N) is 2. The Hall–Kier alpha value is -2.64. The van der Waals surface area contributed by atoms with E-state index in [0.717, 1.165) is 11.3 Å². The van der Waals surface area contributed by atoms with Crippen LogP contribution in [0.25, 0.3) is 10.1 Å². The zero-order valence-electron chi connectivity index (χ0n) is 17.1. The largest absolute Gasteiger partial charge is 0.497 e. The predicted molar refractivity (Wildman–Crippen MR) is 121 cm³/mol. The van der Waals surface area contributed by atoms with E-state index in [9.17, 15) is 14.0 Å². The zero-order chi connectivity index (χ0) is 22.0. The van der Waals surface area contributed by atoms with Gasteiger partial charge in [0.1, 0.15) is 16.4 Å². The lowest BCUT2D eigenvalue weighted by Gasteiger charge is -2.34. The summed E-state index contributed by atoms with van der Waals surface area (Å²) in [6.45, 7) is 1.88. The summed E-state index contributed by atoms with van der Waals surface area (Å²) in [6.07, 6.45) is 1.09. The lowest BCUT2D eigenvalue weighted by Crippen LogP contribution is -2.50. The Morgan fingerprint density at radius 2 is 1.74 bits per heavy atom. The first-order valence-electron chi connectivity index (χ1n) is 10.0. The van der Waals surface area contributed by atoms with Crippen LogP contribution in [-0.4, -0.2) is 54.9 Å². The highest BCUT2D eigenvalue weighted by molar-refractivity contribution is 7.21. The van der Waals surface area contributed by atoms with Crippen LogP contribution in [0, 0.1) is 5.82 Å². The van der Waals surface area contributed by atoms with E-state index in [1.54, 1.807) is 23.0 Å². The van der Waals surface area contributed by atoms with Crippen molar-refractivity contribution in [1.82, 2.24) is 9.80 Å². The number of ether oxygens (including phenoxy) is 1. The summed E-state index contributed by atoms with van der Waals surface area (Å²) < 4.78 is 19.3. The van der Waals surface area contributed by atoms with Gasteiger partial charge in [-0.05, 0) is 42.3 Å². The fourth-order valence-corrected chi connectivity index (χ4v) is 5.19. The molecule has 0 radical (unpaired) electrons. The van der Waals surface area contributed by atoms with Crippen LogP contribution < -0.4 is 4.74 Å². The number of amides is 2. The van der Waals surface area contributed by atoms with E-state index in [0.29, 0.717) is 59.0 Å². The van der Waals surface area contributed by atoms with Crippen molar-refractivity contribution in [3.63, 3.8) is 0 Å². The molecule has 3 aromatic rings. The van der Waals surface area contributed by atoms with Gasteiger partial charge < -0.3 is 14.5 Å². The van der Waals surface area contributed by atoms with Crippen molar-refractivity contribution in [3.8, 4) is 5.75 Å². The maximum Gasteiger partial charge on any atom is 0.265 e. The lowest BCUT2D eigenvalue weighted by molar-refractivity contribution is -0.132. The van der Waals surface area contributed by atoms with Gasteiger partial charge in [-0.1, -0.05) is 23.7 Å². The first-order chi connectivity index (χ1) is 15.0. The Kier molecular flexibility index (Phi) is 6.43. The number of fused-ring (bicyclic) bond motifs is 1. The number of halogens is 2. The minimum atomic E-state index is -0.355. The molecule has 2 heterocycles. The Morgan fingerprint density at radius 1 is 1.06 bits per heavy atom. The van der Waals surface area contributed by atoms with Crippen molar-refractivity contribution >= 4 is 44.8 Å². The molecule has 31 heavy (non-hydrogen) atoms. The van der Waals surface area contributed by atoms with Crippen LogP contribution in [0.3, 0.4) is 0 Å². The highest BCUT2D eigenvalue weighted by Gasteiger charge is 2.27. The third-order valence-electron chi connectivity index (χ3n) is 5.49. The first kappa shape index (κ1) is 21.6. The van der Waals surface area contributed by atoms with Crippen LogP contribution in [0.1, 0.15) is 21.7 Å². The molecule has 4 rings (SSSR count). The molecule has 0 atom stereocenters. The molecule has 0 N–H and O–H groups in total. The number of hydrogen-bond donors (Lipinski definition) is 0. The minimum absolute atomic E-state index is 0.0817. The normalized spacial score (nSPS) is 14.2. The van der Waals surface area contributed by atoms with E-state index in [4.69, 9.17) is 16.3 Å². The predicted octanol–water partition coefficient (Wildman–Crippen LogP) is 4.62. The number of methoxy groups -OCH3 is 1. The molecule has 2 amide bonds. The molecule has 0 saturated carbocycles. The monoisotopic (exact) mass is 460 g/mol. The summed E-state index contributed by atoms with van der Waals surface area (Å²) in [5, 5.41) is 1.05. The number of rotatable bonds is 5. The van der Waals surface area contributed by atoms with Gasteiger partial charge in [-0.15, -0.1) is 11.3 Å². The fraction of sp³-hybridized carbons (Fsp3) is 0.304. The second-order valence-corrected chi connectivity index (χ2v) is 8.84. The molecular formula is C23H22ClFN2O3S. The van der Waals surface area contributed by atoms with Crippen molar-refractivity contribution < 1.29 is 18.7 Å². The van der Waals surface area contributed by atoms with Gasteiger partial charge in [0, 0.05) is 42.7 Å². The number of aryl methyl sites for hydroxylation is 1. The Morgan fingerprint density at radius 3 is 2.42 bits per heavy atom. The third kappa shape index (κ3) is 4.67. The summed E-state index contributed by atoms with van der Waals surface area (Å²) in [5.41, 5.74) is 1.08. The fourth-order valence-electron chi connectivity index (χ4n) is 3.68. The number of piperazine rings is 1. The second kappa shape index (κ2) is 9.24. The van der Waals surface area contributed by atoms with Crippen LogP contribution in [0.15, 0.2) is 42.5 Å². The number of carbonyl (C=O) groups is 2. The molecule has 0 unspecified atom stereocenters. The van der Waals surface area contributed by atoms with Crippen molar-refractivity contribution in [3.05, 3.63) is 63.7 Å². The average molecular weight is 461 g/mol. The molecule has 2 aromatic carbocycles. The molecule has 0 bridgehead atoms. The summed E-state index contributed by atoms with van der Waals surface area (Å²) in [7, 11) is 1.62. The number of hydrogen-bond acceptors (Lipinski definition) is 4. The molecular weight excluding hydrogens is 439 g/mol. The van der Waals surface area contributed by atoms with Gasteiger partial charge >= 0.3 is 0 Å². The number of benzene rings is 2. The Labute approximate surface area is 189 Å². The van der Waals surface area contributed by atoms with E-state index in [-0.39, 0.29) is 17.6 Å². The number of carbonyl (C=O) groups excluding carboxylic acids is 2. The topological polar surface area (TPSA) is 49.9 Å². The molecule has 1 aliphatic heterocycles. The molecule has 162 valence electrons. The van der Waals surface area contributed by atoms with E-state index in [1.165, 1.54) is 23.5 Å². The smallest absolute Gasteiger partial charge is 0.265 e. The van der Waals surface area contributed by atoms with Gasteiger partial charge in [0.2, 0.25) is 5.91 Å². The van der Waals surface area contributed by atoms with Gasteiger partial charge in [0.15, 0.2) is 0 Å². The molecule has 1 aliphatic rings. The first-order valence-corrected chi connectivity index (χ1v) is 11.2. The molecule has 0 spiro atoms. The molecule has 8 heteroatoms. The molecule has 5 nitrogen and oxygen atoms in total. The van der Waals surface area contributed by atoms with Crippen LogP contribution in [-0.2, 0) is 11.2 Å².